The molecule has 230 valence electrons. The molecule has 3 amide bonds. The molecule has 42 heavy (non-hydrogen) atoms. The smallest absolute Gasteiger partial charge is 0.408 e. The van der Waals surface area contributed by atoms with E-state index in [0.717, 1.165) is 44.2 Å². The van der Waals surface area contributed by atoms with Gasteiger partial charge in [0.1, 0.15) is 0 Å². The standard InChI is InChI=1S/C33H49N5O4/c1-31(2,3)38(30(41)42)19-22-9-7-8-21(36-22)18-35-26-17-33(5)25-14-15-32(4)20(16-28(34)39)10-12-24(32)23(25)11-13-27(33)37(6)29(26)40/h7-9,17,20,23-25,27,35H,10-16,18-19H2,1-6H3,(H2,34,39)(H,41,42)/t20-,23?,24?,25?,27-,32-,33-/m1/s1. The number of carbonyl (C=O) groups excluding carboxylic acids is 2. The van der Waals surface area contributed by atoms with Crippen LogP contribution in [0.4, 0.5) is 4.79 Å². The number of hydrogen-bond acceptors (Lipinski definition) is 5. The Morgan fingerprint density at radius 2 is 1.83 bits per heavy atom. The zero-order valence-corrected chi connectivity index (χ0v) is 26.2. The molecule has 0 bridgehead atoms. The van der Waals surface area contributed by atoms with E-state index in [9.17, 15) is 19.5 Å². The Morgan fingerprint density at radius 3 is 2.50 bits per heavy atom. The average Bonchev–Trinajstić information content (AvgIpc) is 3.23. The van der Waals surface area contributed by atoms with Crippen LogP contribution in [-0.4, -0.2) is 56.4 Å². The summed E-state index contributed by atoms with van der Waals surface area (Å²) < 4.78 is 0. The van der Waals surface area contributed by atoms with Crippen molar-refractivity contribution in [1.29, 1.82) is 0 Å². The Labute approximate surface area is 250 Å². The molecule has 4 aliphatic rings. The van der Waals surface area contributed by atoms with Gasteiger partial charge in [0.2, 0.25) is 5.91 Å². The number of rotatable bonds is 7. The minimum Gasteiger partial charge on any atom is -0.465 e. The first-order valence-corrected chi connectivity index (χ1v) is 15.6. The second kappa shape index (κ2) is 10.9. The number of pyridine rings is 1. The molecule has 0 aromatic carbocycles. The van der Waals surface area contributed by atoms with Crippen molar-refractivity contribution >= 4 is 17.9 Å². The Balaban J connectivity index is 1.35. The van der Waals surface area contributed by atoms with Crippen LogP contribution in [0.2, 0.25) is 0 Å². The largest absolute Gasteiger partial charge is 0.465 e. The van der Waals surface area contributed by atoms with Gasteiger partial charge in [0, 0.05) is 30.5 Å². The van der Waals surface area contributed by atoms with Gasteiger partial charge in [-0.25, -0.2) is 4.79 Å². The highest BCUT2D eigenvalue weighted by atomic mass is 16.4. The number of primary amides is 1. The maximum atomic E-state index is 13.5. The fourth-order valence-electron chi connectivity index (χ4n) is 9.36. The van der Waals surface area contributed by atoms with Crippen LogP contribution in [0.5, 0.6) is 0 Å². The van der Waals surface area contributed by atoms with Gasteiger partial charge in [-0.05, 0) is 107 Å². The Morgan fingerprint density at radius 1 is 1.12 bits per heavy atom. The van der Waals surface area contributed by atoms with E-state index in [-0.39, 0.29) is 35.2 Å². The summed E-state index contributed by atoms with van der Waals surface area (Å²) in [5.41, 5.74) is 7.18. The van der Waals surface area contributed by atoms with Gasteiger partial charge in [-0.15, -0.1) is 0 Å². The fourth-order valence-corrected chi connectivity index (χ4v) is 9.36. The molecule has 0 spiro atoms. The SMILES string of the molecule is CN1C(=O)C(NCc2cccc(CN(C(=O)O)C(C)(C)C)n2)=C[C@]2(C)C3CC[C@@]4(C)C(CC[C@@H]4CC(N)=O)C3CC[C@@H]12. The molecule has 1 aromatic heterocycles. The summed E-state index contributed by atoms with van der Waals surface area (Å²) in [5, 5.41) is 13.1. The van der Waals surface area contributed by atoms with Crippen molar-refractivity contribution in [2.45, 2.75) is 104 Å². The number of nitrogens with two attached hydrogens (primary N) is 1. The number of nitrogens with one attached hydrogen (secondary N) is 1. The lowest BCUT2D eigenvalue weighted by atomic mass is 9.47. The van der Waals surface area contributed by atoms with Crippen molar-refractivity contribution < 1.29 is 19.5 Å². The van der Waals surface area contributed by atoms with E-state index < -0.39 is 11.6 Å². The molecule has 9 heteroatoms. The first kappa shape index (κ1) is 30.4. The summed E-state index contributed by atoms with van der Waals surface area (Å²) in [4.78, 5) is 45.3. The van der Waals surface area contributed by atoms with Gasteiger partial charge in [0.15, 0.2) is 0 Å². The zero-order chi connectivity index (χ0) is 30.6. The van der Waals surface area contributed by atoms with Crippen molar-refractivity contribution in [3.05, 3.63) is 41.4 Å². The summed E-state index contributed by atoms with van der Waals surface area (Å²) >= 11 is 0. The number of hydrogen-bond donors (Lipinski definition) is 3. The van der Waals surface area contributed by atoms with Gasteiger partial charge in [-0.1, -0.05) is 19.9 Å². The van der Waals surface area contributed by atoms with Crippen LogP contribution in [0.25, 0.3) is 0 Å². The third-order valence-corrected chi connectivity index (χ3v) is 11.5. The second-order valence-corrected chi connectivity index (χ2v) is 14.8. The Hall–Kier alpha value is -3.10. The van der Waals surface area contributed by atoms with Crippen LogP contribution in [-0.2, 0) is 22.7 Å². The lowest BCUT2D eigenvalue weighted by Gasteiger charge is -2.60. The predicted octanol–water partition coefficient (Wildman–Crippen LogP) is 4.91. The number of amides is 3. The van der Waals surface area contributed by atoms with E-state index in [0.29, 0.717) is 48.0 Å². The van der Waals surface area contributed by atoms with Gasteiger partial charge in [0.05, 0.1) is 30.2 Å². The second-order valence-electron chi connectivity index (χ2n) is 14.8. The van der Waals surface area contributed by atoms with E-state index in [1.54, 1.807) is 0 Å². The van der Waals surface area contributed by atoms with Crippen molar-refractivity contribution in [3.8, 4) is 0 Å². The Kier molecular flexibility index (Phi) is 7.86. The summed E-state index contributed by atoms with van der Waals surface area (Å²) in [6.07, 6.45) is 8.31. The van der Waals surface area contributed by atoms with E-state index in [4.69, 9.17) is 10.7 Å². The molecule has 1 aliphatic heterocycles. The monoisotopic (exact) mass is 579 g/mol. The van der Waals surface area contributed by atoms with Gasteiger partial charge in [-0.2, -0.15) is 0 Å². The Bertz CT molecular complexity index is 1270. The normalized spacial score (nSPS) is 34.1. The number of nitrogens with zero attached hydrogens (tertiary/aromatic N) is 3. The molecular formula is C33H49N5O4. The predicted molar refractivity (Wildman–Crippen MR) is 161 cm³/mol. The topological polar surface area (TPSA) is 129 Å². The molecule has 0 radical (unpaired) electrons. The summed E-state index contributed by atoms with van der Waals surface area (Å²) in [7, 11) is 1.94. The highest BCUT2D eigenvalue weighted by molar-refractivity contribution is 5.94. The minimum atomic E-state index is -0.980. The first-order valence-electron chi connectivity index (χ1n) is 15.6. The zero-order valence-electron chi connectivity index (χ0n) is 26.2. The highest BCUT2D eigenvalue weighted by Crippen LogP contribution is 2.66. The molecule has 0 saturated heterocycles. The van der Waals surface area contributed by atoms with E-state index in [1.165, 1.54) is 4.90 Å². The minimum absolute atomic E-state index is 0.0138. The fraction of sp³-hybridized carbons (Fsp3) is 0.697. The maximum Gasteiger partial charge on any atom is 0.408 e. The van der Waals surface area contributed by atoms with Crippen molar-refractivity contribution in [2.75, 3.05) is 7.05 Å². The molecule has 3 aliphatic carbocycles. The number of carbonyl (C=O) groups is 3. The van der Waals surface area contributed by atoms with Crippen LogP contribution in [0.1, 0.15) is 91.0 Å². The number of fused-ring (bicyclic) bond motifs is 5. The van der Waals surface area contributed by atoms with Gasteiger partial charge in [0.25, 0.3) is 5.91 Å². The number of likely N-dealkylation sites (N-methyl/N-ethyl adjacent to an activating group) is 1. The highest BCUT2D eigenvalue weighted by Gasteiger charge is 2.61. The lowest BCUT2D eigenvalue weighted by molar-refractivity contribution is -0.141. The number of carboxylic acid groups (broad SMARTS) is 1. The molecular weight excluding hydrogens is 530 g/mol. The third-order valence-electron chi connectivity index (χ3n) is 11.5. The van der Waals surface area contributed by atoms with Crippen LogP contribution < -0.4 is 11.1 Å². The van der Waals surface area contributed by atoms with Crippen LogP contribution in [0.3, 0.4) is 0 Å². The molecule has 7 atom stereocenters. The summed E-state index contributed by atoms with van der Waals surface area (Å²) in [6.45, 7) is 10.9. The molecule has 3 fully saturated rings. The van der Waals surface area contributed by atoms with Crippen molar-refractivity contribution in [1.82, 2.24) is 20.1 Å². The summed E-state index contributed by atoms with van der Waals surface area (Å²) in [5.74, 6) is 1.87. The van der Waals surface area contributed by atoms with E-state index in [1.807, 2.05) is 50.9 Å². The lowest BCUT2D eigenvalue weighted by Crippen LogP contribution is -2.61. The molecule has 2 heterocycles. The van der Waals surface area contributed by atoms with Crippen molar-refractivity contribution in [3.63, 3.8) is 0 Å². The van der Waals surface area contributed by atoms with E-state index >= 15 is 0 Å². The van der Waals surface area contributed by atoms with Gasteiger partial charge in [-0.3, -0.25) is 19.5 Å². The van der Waals surface area contributed by atoms with E-state index in [2.05, 4.69) is 25.2 Å². The first-order chi connectivity index (χ1) is 19.6. The quantitative estimate of drug-likeness (QED) is 0.421. The molecule has 3 saturated carbocycles. The average molecular weight is 580 g/mol. The molecule has 1 aromatic rings. The summed E-state index contributed by atoms with van der Waals surface area (Å²) in [6, 6.07) is 5.80. The van der Waals surface area contributed by atoms with Crippen molar-refractivity contribution in [2.24, 2.45) is 40.2 Å². The third kappa shape index (κ3) is 5.28. The van der Waals surface area contributed by atoms with Crippen LogP contribution in [0.15, 0.2) is 30.0 Å². The molecule has 3 unspecified atom stereocenters. The van der Waals surface area contributed by atoms with Gasteiger partial charge < -0.3 is 21.1 Å². The molecule has 9 nitrogen and oxygen atoms in total. The van der Waals surface area contributed by atoms with Crippen LogP contribution >= 0.6 is 0 Å². The van der Waals surface area contributed by atoms with Gasteiger partial charge >= 0.3 is 6.09 Å². The number of aromatic nitrogens is 1. The molecule has 5 rings (SSSR count). The van der Waals surface area contributed by atoms with Crippen LogP contribution in [0, 0.1) is 34.5 Å². The maximum absolute atomic E-state index is 13.5. The molecule has 4 N–H and O–H groups in total.